The molecule has 0 radical (unpaired) electrons. The molecule has 0 aliphatic carbocycles. The second kappa shape index (κ2) is 5.64. The van der Waals surface area contributed by atoms with Gasteiger partial charge in [0.25, 0.3) is 0 Å². The number of nitrogens with one attached hydrogen (secondary N) is 2. The van der Waals surface area contributed by atoms with Crippen molar-refractivity contribution in [2.45, 2.75) is 0 Å². The van der Waals surface area contributed by atoms with E-state index >= 15 is 0 Å². The number of anilines is 3. The number of halogens is 3. The maximum Gasteiger partial charge on any atom is 0.204 e. The van der Waals surface area contributed by atoms with Crippen LogP contribution in [0.2, 0.25) is 0 Å². The number of methoxy groups -OCH3 is 1. The minimum atomic E-state index is -1.07. The van der Waals surface area contributed by atoms with Crippen molar-refractivity contribution in [1.82, 2.24) is 9.97 Å². The van der Waals surface area contributed by atoms with Gasteiger partial charge in [0.1, 0.15) is 17.8 Å². The van der Waals surface area contributed by atoms with Gasteiger partial charge in [0.15, 0.2) is 23.3 Å². The van der Waals surface area contributed by atoms with E-state index in [1.165, 1.54) is 13.4 Å². The van der Waals surface area contributed by atoms with Gasteiger partial charge >= 0.3 is 0 Å². The lowest BCUT2D eigenvalue weighted by molar-refractivity contribution is 0.415. The molecular weight excluding hydrogens is 273 g/mol. The minimum Gasteiger partial charge on any atom is -0.490 e. The van der Waals surface area contributed by atoms with Gasteiger partial charge < -0.3 is 15.4 Å². The van der Waals surface area contributed by atoms with Gasteiger partial charge in [-0.3, -0.25) is 0 Å². The topological polar surface area (TPSA) is 59.1 Å². The lowest BCUT2D eigenvalue weighted by atomic mass is 10.2. The molecule has 1 aromatic heterocycles. The molecule has 1 heterocycles. The molecule has 0 unspecified atom stereocenters. The SMILES string of the molecule is CNc1ncnc(Nc2c(F)cc(F)cc2F)c1OC. The Morgan fingerprint density at radius 2 is 1.65 bits per heavy atom. The molecule has 106 valence electrons. The Morgan fingerprint density at radius 1 is 1.05 bits per heavy atom. The number of aromatic nitrogens is 2. The zero-order valence-electron chi connectivity index (χ0n) is 10.7. The Kier molecular flexibility index (Phi) is 3.92. The Balaban J connectivity index is 2.45. The summed E-state index contributed by atoms with van der Waals surface area (Å²) < 4.78 is 45.1. The molecule has 0 aliphatic heterocycles. The molecule has 0 saturated carbocycles. The average Bonchev–Trinajstić information content (AvgIpc) is 2.42. The lowest BCUT2D eigenvalue weighted by Crippen LogP contribution is -2.05. The highest BCUT2D eigenvalue weighted by Crippen LogP contribution is 2.32. The number of hydrogen-bond acceptors (Lipinski definition) is 5. The molecule has 0 aliphatic rings. The average molecular weight is 284 g/mol. The largest absolute Gasteiger partial charge is 0.490 e. The van der Waals surface area contributed by atoms with E-state index in [1.807, 2.05) is 0 Å². The van der Waals surface area contributed by atoms with Crippen LogP contribution in [0.5, 0.6) is 5.75 Å². The van der Waals surface area contributed by atoms with Crippen LogP contribution in [0.25, 0.3) is 0 Å². The summed E-state index contributed by atoms with van der Waals surface area (Å²) in [4.78, 5) is 7.74. The second-order valence-electron chi connectivity index (χ2n) is 3.72. The van der Waals surface area contributed by atoms with E-state index < -0.39 is 23.1 Å². The fourth-order valence-electron chi connectivity index (χ4n) is 1.61. The van der Waals surface area contributed by atoms with E-state index in [2.05, 4.69) is 20.6 Å². The predicted molar refractivity (Wildman–Crippen MR) is 67.7 cm³/mol. The van der Waals surface area contributed by atoms with E-state index in [4.69, 9.17) is 4.74 Å². The summed E-state index contributed by atoms with van der Waals surface area (Å²) in [5.41, 5.74) is -0.523. The zero-order valence-corrected chi connectivity index (χ0v) is 10.7. The van der Waals surface area contributed by atoms with E-state index in [-0.39, 0.29) is 11.6 Å². The van der Waals surface area contributed by atoms with Crippen molar-refractivity contribution in [3.8, 4) is 5.75 Å². The van der Waals surface area contributed by atoms with Gasteiger partial charge in [-0.2, -0.15) is 0 Å². The summed E-state index contributed by atoms with van der Waals surface area (Å²) >= 11 is 0. The third kappa shape index (κ3) is 2.58. The highest BCUT2D eigenvalue weighted by atomic mass is 19.1. The molecule has 20 heavy (non-hydrogen) atoms. The van der Waals surface area contributed by atoms with Gasteiger partial charge in [-0.05, 0) is 0 Å². The smallest absolute Gasteiger partial charge is 0.204 e. The molecule has 0 spiro atoms. The first-order valence-electron chi connectivity index (χ1n) is 5.55. The van der Waals surface area contributed by atoms with E-state index in [1.54, 1.807) is 7.05 Å². The maximum absolute atomic E-state index is 13.6. The van der Waals surface area contributed by atoms with Crippen molar-refractivity contribution in [2.75, 3.05) is 24.8 Å². The summed E-state index contributed by atoms with van der Waals surface area (Å²) in [7, 11) is 2.97. The van der Waals surface area contributed by atoms with Crippen molar-refractivity contribution < 1.29 is 17.9 Å². The maximum atomic E-state index is 13.6. The number of ether oxygens (including phenoxy) is 1. The van der Waals surface area contributed by atoms with Crippen LogP contribution in [0.15, 0.2) is 18.5 Å². The minimum absolute atomic E-state index is 0.0521. The standard InChI is InChI=1S/C12H11F3N4O/c1-16-11-10(20-2)12(18-5-17-11)19-9-7(14)3-6(13)4-8(9)15/h3-5H,1-2H3,(H2,16,17,18,19). The fraction of sp³-hybridized carbons (Fsp3) is 0.167. The van der Waals surface area contributed by atoms with Gasteiger partial charge in [-0.25, -0.2) is 23.1 Å². The van der Waals surface area contributed by atoms with Crippen molar-refractivity contribution in [1.29, 1.82) is 0 Å². The van der Waals surface area contributed by atoms with Crippen LogP contribution in [-0.4, -0.2) is 24.1 Å². The van der Waals surface area contributed by atoms with Crippen molar-refractivity contribution in [3.63, 3.8) is 0 Å². The summed E-state index contributed by atoms with van der Waals surface area (Å²) in [5, 5.41) is 5.18. The Labute approximate surface area is 112 Å². The highest BCUT2D eigenvalue weighted by molar-refractivity contribution is 5.69. The lowest BCUT2D eigenvalue weighted by Gasteiger charge is -2.13. The molecule has 0 fully saturated rings. The van der Waals surface area contributed by atoms with Crippen LogP contribution in [0, 0.1) is 17.5 Å². The molecule has 2 aromatic rings. The van der Waals surface area contributed by atoms with Crippen LogP contribution in [0.1, 0.15) is 0 Å². The number of rotatable bonds is 4. The fourth-order valence-corrected chi connectivity index (χ4v) is 1.61. The van der Waals surface area contributed by atoms with Crippen molar-refractivity contribution in [3.05, 3.63) is 35.9 Å². The Morgan fingerprint density at radius 3 is 2.20 bits per heavy atom. The third-order valence-corrected chi connectivity index (χ3v) is 2.50. The molecule has 0 saturated heterocycles. The first-order chi connectivity index (χ1) is 9.56. The molecule has 1 aromatic carbocycles. The normalized spacial score (nSPS) is 10.2. The van der Waals surface area contributed by atoms with Crippen LogP contribution < -0.4 is 15.4 Å². The summed E-state index contributed by atoms with van der Waals surface area (Å²) in [6, 6.07) is 1.14. The number of hydrogen-bond donors (Lipinski definition) is 2. The quantitative estimate of drug-likeness (QED) is 0.904. The predicted octanol–water partition coefficient (Wildman–Crippen LogP) is 2.69. The highest BCUT2D eigenvalue weighted by Gasteiger charge is 2.16. The third-order valence-electron chi connectivity index (χ3n) is 2.50. The molecule has 8 heteroatoms. The van der Waals surface area contributed by atoms with Gasteiger partial charge in [0.05, 0.1) is 7.11 Å². The van der Waals surface area contributed by atoms with Crippen LogP contribution in [0.3, 0.4) is 0 Å². The first kappa shape index (κ1) is 13.9. The zero-order chi connectivity index (χ0) is 14.7. The molecule has 2 rings (SSSR count). The Hall–Kier alpha value is -2.51. The van der Waals surface area contributed by atoms with Gasteiger partial charge in [-0.1, -0.05) is 0 Å². The molecule has 0 atom stereocenters. The number of nitrogens with zero attached hydrogens (tertiary/aromatic N) is 2. The van der Waals surface area contributed by atoms with Gasteiger partial charge in [0, 0.05) is 19.2 Å². The van der Waals surface area contributed by atoms with Crippen LogP contribution >= 0.6 is 0 Å². The summed E-state index contributed by atoms with van der Waals surface area (Å²) in [6.45, 7) is 0. The number of benzene rings is 1. The monoisotopic (exact) mass is 284 g/mol. The summed E-state index contributed by atoms with van der Waals surface area (Å²) in [5.74, 6) is -2.58. The molecule has 0 amide bonds. The van der Waals surface area contributed by atoms with Gasteiger partial charge in [-0.15, -0.1) is 0 Å². The molecule has 2 N–H and O–H groups in total. The summed E-state index contributed by atoms with van der Waals surface area (Å²) in [6.07, 6.45) is 1.19. The first-order valence-corrected chi connectivity index (χ1v) is 5.55. The van der Waals surface area contributed by atoms with Crippen LogP contribution in [0.4, 0.5) is 30.5 Å². The van der Waals surface area contributed by atoms with Crippen molar-refractivity contribution >= 4 is 17.3 Å². The van der Waals surface area contributed by atoms with Crippen molar-refractivity contribution in [2.24, 2.45) is 0 Å². The van der Waals surface area contributed by atoms with Gasteiger partial charge in [0.2, 0.25) is 5.75 Å². The molecular formula is C12H11F3N4O. The van der Waals surface area contributed by atoms with E-state index in [0.29, 0.717) is 18.0 Å². The van der Waals surface area contributed by atoms with E-state index in [9.17, 15) is 13.2 Å². The van der Waals surface area contributed by atoms with Crippen LogP contribution in [-0.2, 0) is 0 Å². The Bertz CT molecular complexity index is 613. The molecule has 0 bridgehead atoms. The second-order valence-corrected chi connectivity index (χ2v) is 3.72. The molecule has 5 nitrogen and oxygen atoms in total. The van der Waals surface area contributed by atoms with E-state index in [0.717, 1.165) is 0 Å².